The van der Waals surface area contributed by atoms with E-state index in [2.05, 4.69) is 35.6 Å². The van der Waals surface area contributed by atoms with Crippen LogP contribution in [0.1, 0.15) is 41.3 Å². The summed E-state index contributed by atoms with van der Waals surface area (Å²) in [4.78, 5) is 16.9. The van der Waals surface area contributed by atoms with Crippen molar-refractivity contribution in [3.05, 3.63) is 45.7 Å². The number of nitrogens with zero attached hydrogens (tertiary/aromatic N) is 5. The number of halogens is 2. The topological polar surface area (TPSA) is 54.3 Å². The molecule has 0 atom stereocenters. The maximum absolute atomic E-state index is 13.3. The lowest BCUT2D eigenvalue weighted by molar-refractivity contribution is 0.0623. The first kappa shape index (κ1) is 18.6. The van der Waals surface area contributed by atoms with Gasteiger partial charge in [-0.15, -0.1) is 10.2 Å². The lowest BCUT2D eigenvalue weighted by atomic mass is 10.1. The molecule has 8 heteroatoms. The van der Waals surface area contributed by atoms with Gasteiger partial charge in [-0.25, -0.2) is 4.39 Å². The van der Waals surface area contributed by atoms with Crippen LogP contribution in [0.25, 0.3) is 0 Å². The second-order valence-electron chi connectivity index (χ2n) is 7.19. The maximum Gasteiger partial charge on any atom is 0.255 e. The number of hydrogen-bond acceptors (Lipinski definition) is 4. The van der Waals surface area contributed by atoms with Crippen LogP contribution in [-0.4, -0.2) is 56.7 Å². The van der Waals surface area contributed by atoms with E-state index in [0.29, 0.717) is 23.1 Å². The number of amides is 1. The Bertz CT molecular complexity index is 832. The van der Waals surface area contributed by atoms with Crippen LogP contribution in [0, 0.1) is 5.82 Å². The number of piperazine rings is 1. The monoisotopic (exact) mass is 435 g/mol. The molecule has 27 heavy (non-hydrogen) atoms. The van der Waals surface area contributed by atoms with E-state index in [9.17, 15) is 9.18 Å². The molecule has 1 amide bonds. The van der Waals surface area contributed by atoms with E-state index in [-0.39, 0.29) is 11.7 Å². The number of carbonyl (C=O) groups excluding carboxylic acids is 1. The smallest absolute Gasteiger partial charge is 0.255 e. The second kappa shape index (κ2) is 8.06. The predicted molar refractivity (Wildman–Crippen MR) is 103 cm³/mol. The van der Waals surface area contributed by atoms with Crippen molar-refractivity contribution in [3.63, 3.8) is 0 Å². The number of rotatable bonds is 3. The summed E-state index contributed by atoms with van der Waals surface area (Å²) < 4.78 is 16.0. The zero-order chi connectivity index (χ0) is 18.8. The summed E-state index contributed by atoms with van der Waals surface area (Å²) in [6, 6.07) is 4.20. The Labute approximate surface area is 166 Å². The fourth-order valence-electron chi connectivity index (χ4n) is 3.80. The summed E-state index contributed by atoms with van der Waals surface area (Å²) in [5, 5.41) is 8.77. The van der Waals surface area contributed by atoms with Crippen LogP contribution in [0.15, 0.2) is 22.7 Å². The van der Waals surface area contributed by atoms with Crippen LogP contribution in [0.4, 0.5) is 4.39 Å². The van der Waals surface area contributed by atoms with Crippen molar-refractivity contribution in [2.45, 2.75) is 38.8 Å². The highest BCUT2D eigenvalue weighted by Crippen LogP contribution is 2.21. The third-order valence-electron chi connectivity index (χ3n) is 5.37. The van der Waals surface area contributed by atoms with Gasteiger partial charge >= 0.3 is 0 Å². The van der Waals surface area contributed by atoms with E-state index in [4.69, 9.17) is 0 Å². The molecule has 6 nitrogen and oxygen atoms in total. The van der Waals surface area contributed by atoms with Gasteiger partial charge in [-0.2, -0.15) is 0 Å². The van der Waals surface area contributed by atoms with Gasteiger partial charge in [-0.1, -0.05) is 6.42 Å². The lowest BCUT2D eigenvalue weighted by Crippen LogP contribution is -2.48. The number of aryl methyl sites for hydroxylation is 1. The van der Waals surface area contributed by atoms with Gasteiger partial charge in [0.15, 0.2) is 0 Å². The Hall–Kier alpha value is -1.80. The Morgan fingerprint density at radius 1 is 1.07 bits per heavy atom. The molecule has 0 spiro atoms. The first-order chi connectivity index (χ1) is 13.1. The summed E-state index contributed by atoms with van der Waals surface area (Å²) in [6.45, 7) is 4.69. The van der Waals surface area contributed by atoms with Crippen molar-refractivity contribution < 1.29 is 9.18 Å². The molecule has 0 N–H and O–H groups in total. The third kappa shape index (κ3) is 4.06. The molecule has 144 valence electrons. The summed E-state index contributed by atoms with van der Waals surface area (Å²) in [5.74, 6) is 1.74. The molecule has 0 bridgehead atoms. The Balaban J connectivity index is 1.37. The number of carbonyl (C=O) groups is 1. The molecule has 2 aromatic rings. The van der Waals surface area contributed by atoms with E-state index in [0.717, 1.165) is 44.2 Å². The Morgan fingerprint density at radius 3 is 2.67 bits per heavy atom. The van der Waals surface area contributed by atoms with E-state index < -0.39 is 0 Å². The Kier molecular flexibility index (Phi) is 5.54. The van der Waals surface area contributed by atoms with Gasteiger partial charge in [0.05, 0.1) is 12.1 Å². The molecular formula is C19H23BrFN5O. The molecule has 2 aliphatic rings. The zero-order valence-electron chi connectivity index (χ0n) is 15.2. The van der Waals surface area contributed by atoms with Gasteiger partial charge in [0, 0.05) is 43.6 Å². The zero-order valence-corrected chi connectivity index (χ0v) is 16.8. The normalized spacial score (nSPS) is 18.2. The fourth-order valence-corrected chi connectivity index (χ4v) is 4.33. The molecule has 2 aliphatic heterocycles. The van der Waals surface area contributed by atoms with Crippen molar-refractivity contribution in [1.29, 1.82) is 0 Å². The Morgan fingerprint density at radius 2 is 1.89 bits per heavy atom. The minimum Gasteiger partial charge on any atom is -0.336 e. The van der Waals surface area contributed by atoms with Crippen LogP contribution in [0.5, 0.6) is 0 Å². The average molecular weight is 436 g/mol. The van der Waals surface area contributed by atoms with Crippen molar-refractivity contribution in [1.82, 2.24) is 24.6 Å². The lowest BCUT2D eigenvalue weighted by Gasteiger charge is -2.34. The predicted octanol–water partition coefficient (Wildman–Crippen LogP) is 2.86. The number of aromatic nitrogens is 3. The number of hydrogen-bond donors (Lipinski definition) is 0. The van der Waals surface area contributed by atoms with Crippen molar-refractivity contribution in [3.8, 4) is 0 Å². The summed E-state index contributed by atoms with van der Waals surface area (Å²) in [7, 11) is 0. The van der Waals surface area contributed by atoms with Gasteiger partial charge in [-0.05, 0) is 47.0 Å². The molecular weight excluding hydrogens is 413 g/mol. The van der Waals surface area contributed by atoms with Crippen LogP contribution in [0.3, 0.4) is 0 Å². The van der Waals surface area contributed by atoms with Crippen LogP contribution in [0.2, 0.25) is 0 Å². The van der Waals surface area contributed by atoms with Crippen molar-refractivity contribution in [2.75, 3.05) is 26.2 Å². The summed E-state index contributed by atoms with van der Waals surface area (Å²) in [6.07, 6.45) is 4.65. The highest BCUT2D eigenvalue weighted by atomic mass is 79.9. The molecule has 0 saturated carbocycles. The average Bonchev–Trinajstić information content (AvgIpc) is 2.88. The molecule has 1 saturated heterocycles. The minimum atomic E-state index is -0.351. The molecule has 4 rings (SSSR count). The maximum atomic E-state index is 13.3. The van der Waals surface area contributed by atoms with Crippen LogP contribution >= 0.6 is 15.9 Å². The highest BCUT2D eigenvalue weighted by Gasteiger charge is 2.25. The van der Waals surface area contributed by atoms with Crippen LogP contribution < -0.4 is 0 Å². The van der Waals surface area contributed by atoms with Crippen molar-refractivity contribution >= 4 is 21.8 Å². The third-order valence-corrected chi connectivity index (χ3v) is 6.03. The van der Waals surface area contributed by atoms with Gasteiger partial charge < -0.3 is 9.47 Å². The van der Waals surface area contributed by atoms with Gasteiger partial charge in [0.2, 0.25) is 0 Å². The minimum absolute atomic E-state index is 0.0575. The highest BCUT2D eigenvalue weighted by molar-refractivity contribution is 9.10. The van der Waals surface area contributed by atoms with Gasteiger partial charge in [0.25, 0.3) is 5.91 Å². The SMILES string of the molecule is O=C(c1ccc(F)cc1Br)N1CCN(Cc2nnc3n2CCCCC3)CC1. The van der Waals surface area contributed by atoms with Gasteiger partial charge in [-0.3, -0.25) is 9.69 Å². The fraction of sp³-hybridized carbons (Fsp3) is 0.526. The van der Waals surface area contributed by atoms with E-state index in [1.165, 1.54) is 31.4 Å². The second-order valence-corrected chi connectivity index (χ2v) is 8.04. The van der Waals surface area contributed by atoms with Crippen molar-refractivity contribution in [2.24, 2.45) is 0 Å². The van der Waals surface area contributed by atoms with Gasteiger partial charge in [0.1, 0.15) is 17.5 Å². The van der Waals surface area contributed by atoms with E-state index in [1.54, 1.807) is 6.07 Å². The summed E-state index contributed by atoms with van der Waals surface area (Å²) >= 11 is 3.29. The molecule has 0 unspecified atom stereocenters. The first-order valence-corrected chi connectivity index (χ1v) is 10.3. The van der Waals surface area contributed by atoms with E-state index in [1.807, 2.05) is 4.90 Å². The molecule has 0 radical (unpaired) electrons. The first-order valence-electron chi connectivity index (χ1n) is 9.49. The largest absolute Gasteiger partial charge is 0.336 e. The number of fused-ring (bicyclic) bond motifs is 1. The molecule has 0 aliphatic carbocycles. The molecule has 1 fully saturated rings. The number of benzene rings is 1. The summed E-state index contributed by atoms with van der Waals surface area (Å²) in [5.41, 5.74) is 0.507. The molecule has 1 aromatic carbocycles. The molecule has 3 heterocycles. The standard InChI is InChI=1S/C19H23BrFN5O/c20-16-12-14(21)5-6-15(16)19(27)25-10-8-24(9-11-25)13-18-23-22-17-4-2-1-3-7-26(17)18/h5-6,12H,1-4,7-11,13H2. The quantitative estimate of drug-likeness (QED) is 0.743. The van der Waals surface area contributed by atoms with Crippen LogP contribution in [-0.2, 0) is 19.5 Å². The molecule has 1 aromatic heterocycles. The van der Waals surface area contributed by atoms with E-state index >= 15 is 0 Å².